The van der Waals surface area contributed by atoms with Gasteiger partial charge < -0.3 is 24.9 Å². The van der Waals surface area contributed by atoms with E-state index in [0.717, 1.165) is 27.5 Å². The first-order valence-electron chi connectivity index (χ1n) is 9.61. The van der Waals surface area contributed by atoms with Crippen molar-refractivity contribution >= 4 is 27.8 Å². The van der Waals surface area contributed by atoms with Gasteiger partial charge in [-0.2, -0.15) is 0 Å². The van der Waals surface area contributed by atoms with Crippen molar-refractivity contribution in [2.45, 2.75) is 32.6 Å². The monoisotopic (exact) mass is 407 g/mol. The average molecular weight is 407 g/mol. The lowest BCUT2D eigenvalue weighted by Gasteiger charge is -2.20. The first-order chi connectivity index (χ1) is 14.3. The van der Waals surface area contributed by atoms with Crippen LogP contribution in [0.5, 0.6) is 5.88 Å². The zero-order valence-electron chi connectivity index (χ0n) is 17.5. The number of hydrogen-bond donors (Lipinski definition) is 2. The second kappa shape index (κ2) is 7.55. The van der Waals surface area contributed by atoms with Crippen LogP contribution in [0.15, 0.2) is 36.5 Å². The highest BCUT2D eigenvalue weighted by Gasteiger charge is 2.22. The summed E-state index contributed by atoms with van der Waals surface area (Å²) in [5, 5.41) is 11.4. The molecule has 30 heavy (non-hydrogen) atoms. The van der Waals surface area contributed by atoms with Crippen molar-refractivity contribution in [2.75, 3.05) is 20.0 Å². The van der Waals surface area contributed by atoms with E-state index in [0.29, 0.717) is 36.2 Å². The van der Waals surface area contributed by atoms with Crippen molar-refractivity contribution in [1.82, 2.24) is 19.5 Å². The number of hydrogen-bond acceptors (Lipinski definition) is 7. The van der Waals surface area contributed by atoms with Gasteiger partial charge in [0.25, 0.3) is 0 Å². The van der Waals surface area contributed by atoms with Crippen LogP contribution in [-0.4, -0.2) is 44.4 Å². The summed E-state index contributed by atoms with van der Waals surface area (Å²) in [6, 6.07) is 9.76. The number of ether oxygens (including phenoxy) is 2. The zero-order valence-corrected chi connectivity index (χ0v) is 17.5. The Labute approximate surface area is 174 Å². The van der Waals surface area contributed by atoms with Gasteiger partial charge >= 0.3 is 0 Å². The van der Waals surface area contributed by atoms with E-state index in [1.54, 1.807) is 34.3 Å². The van der Waals surface area contributed by atoms with Crippen LogP contribution >= 0.6 is 0 Å². The summed E-state index contributed by atoms with van der Waals surface area (Å²) in [5.74, 6) is 1.60. The van der Waals surface area contributed by atoms with Crippen molar-refractivity contribution < 1.29 is 14.6 Å². The molecule has 4 rings (SSSR count). The van der Waals surface area contributed by atoms with E-state index in [1.807, 2.05) is 34.9 Å². The number of imidazole rings is 1. The Balaban J connectivity index is 1.93. The molecule has 3 aromatic heterocycles. The standard InChI is InChI=1S/C22H25N5O3/c1-22(2,28)12-27-17(11-29-3)26-19-20(27)15-7-5-13(9-16(15)25-21(19)23)14-6-8-18(30-4)24-10-14/h5-10,28H,11-12H2,1-4H3,(H2,23,25). The van der Waals surface area contributed by atoms with Crippen molar-refractivity contribution in [2.24, 2.45) is 0 Å². The maximum absolute atomic E-state index is 10.5. The highest BCUT2D eigenvalue weighted by Crippen LogP contribution is 2.32. The van der Waals surface area contributed by atoms with Crippen LogP contribution in [0, 0.1) is 0 Å². The maximum atomic E-state index is 10.5. The highest BCUT2D eigenvalue weighted by molar-refractivity contribution is 6.07. The zero-order chi connectivity index (χ0) is 21.5. The number of nitrogens with two attached hydrogens (primary N) is 1. The van der Waals surface area contributed by atoms with Crippen LogP contribution < -0.4 is 10.5 Å². The van der Waals surface area contributed by atoms with E-state index in [4.69, 9.17) is 15.2 Å². The Morgan fingerprint density at radius 1 is 1.10 bits per heavy atom. The molecule has 0 atom stereocenters. The minimum Gasteiger partial charge on any atom is -0.481 e. The summed E-state index contributed by atoms with van der Waals surface area (Å²) in [6.45, 7) is 4.18. The molecule has 0 aliphatic rings. The molecule has 0 aliphatic heterocycles. The van der Waals surface area contributed by atoms with E-state index in [9.17, 15) is 5.11 Å². The maximum Gasteiger partial charge on any atom is 0.212 e. The van der Waals surface area contributed by atoms with Crippen molar-refractivity contribution in [1.29, 1.82) is 0 Å². The largest absolute Gasteiger partial charge is 0.481 e. The van der Waals surface area contributed by atoms with Crippen LogP contribution in [0.2, 0.25) is 0 Å². The molecule has 3 N–H and O–H groups in total. The van der Waals surface area contributed by atoms with Gasteiger partial charge in [-0.25, -0.2) is 15.0 Å². The number of nitrogen functional groups attached to an aromatic ring is 1. The fraction of sp³-hybridized carbons (Fsp3) is 0.318. The van der Waals surface area contributed by atoms with E-state index in [1.165, 1.54) is 0 Å². The van der Waals surface area contributed by atoms with Gasteiger partial charge in [0.05, 0.1) is 30.3 Å². The van der Waals surface area contributed by atoms with Gasteiger partial charge in [-0.05, 0) is 31.5 Å². The molecule has 0 radical (unpaired) electrons. The summed E-state index contributed by atoms with van der Waals surface area (Å²) >= 11 is 0. The Morgan fingerprint density at radius 2 is 1.87 bits per heavy atom. The van der Waals surface area contributed by atoms with Gasteiger partial charge in [0.2, 0.25) is 5.88 Å². The molecule has 8 heteroatoms. The van der Waals surface area contributed by atoms with Crippen LogP contribution in [0.4, 0.5) is 5.82 Å². The molecule has 0 fully saturated rings. The van der Waals surface area contributed by atoms with Gasteiger partial charge in [0, 0.05) is 30.3 Å². The third-order valence-electron chi connectivity index (χ3n) is 4.88. The number of aliphatic hydroxyl groups is 1. The number of fused-ring (bicyclic) bond motifs is 3. The second-order valence-corrected chi connectivity index (χ2v) is 7.88. The Bertz CT molecular complexity index is 1210. The van der Waals surface area contributed by atoms with E-state index in [-0.39, 0.29) is 0 Å². The summed E-state index contributed by atoms with van der Waals surface area (Å²) in [7, 11) is 3.20. The molecule has 0 saturated carbocycles. The van der Waals surface area contributed by atoms with E-state index in [2.05, 4.69) is 15.0 Å². The Kier molecular flexibility index (Phi) is 5.05. The number of benzene rings is 1. The number of aromatic nitrogens is 4. The topological polar surface area (TPSA) is 108 Å². The molecule has 0 saturated heterocycles. The molecule has 156 valence electrons. The first kappa shape index (κ1) is 20.1. The predicted molar refractivity (Wildman–Crippen MR) is 116 cm³/mol. The molecular formula is C22H25N5O3. The minimum atomic E-state index is -0.935. The number of rotatable bonds is 6. The molecule has 0 spiro atoms. The lowest BCUT2D eigenvalue weighted by atomic mass is 10.0. The lowest BCUT2D eigenvalue weighted by Crippen LogP contribution is -2.27. The molecule has 0 aliphatic carbocycles. The first-order valence-corrected chi connectivity index (χ1v) is 9.61. The van der Waals surface area contributed by atoms with Crippen LogP contribution in [0.3, 0.4) is 0 Å². The number of methoxy groups -OCH3 is 2. The minimum absolute atomic E-state index is 0.307. The Hall–Kier alpha value is -3.23. The van der Waals surface area contributed by atoms with Gasteiger partial charge in [0.1, 0.15) is 17.9 Å². The fourth-order valence-corrected chi connectivity index (χ4v) is 3.61. The Morgan fingerprint density at radius 3 is 2.50 bits per heavy atom. The SMILES string of the molecule is COCc1nc2c(N)nc3cc(-c4ccc(OC)nc4)ccc3c2n1CC(C)(C)O. The predicted octanol–water partition coefficient (Wildman–Crippen LogP) is 3.15. The van der Waals surface area contributed by atoms with E-state index >= 15 is 0 Å². The normalized spacial score (nSPS) is 12.0. The third-order valence-corrected chi connectivity index (χ3v) is 4.88. The summed E-state index contributed by atoms with van der Waals surface area (Å²) in [5.41, 5.74) is 9.44. The highest BCUT2D eigenvalue weighted by atomic mass is 16.5. The number of nitrogens with zero attached hydrogens (tertiary/aromatic N) is 4. The smallest absolute Gasteiger partial charge is 0.212 e. The average Bonchev–Trinajstić information content (AvgIpc) is 3.05. The van der Waals surface area contributed by atoms with Crippen molar-refractivity contribution in [3.8, 4) is 17.0 Å². The number of anilines is 1. The lowest BCUT2D eigenvalue weighted by molar-refractivity contribution is 0.0597. The van der Waals surface area contributed by atoms with Crippen LogP contribution in [0.1, 0.15) is 19.7 Å². The molecule has 3 heterocycles. The summed E-state index contributed by atoms with van der Waals surface area (Å²) in [6.07, 6.45) is 1.76. The molecule has 0 amide bonds. The van der Waals surface area contributed by atoms with Crippen molar-refractivity contribution in [3.05, 3.63) is 42.4 Å². The molecule has 4 aromatic rings. The molecular weight excluding hydrogens is 382 g/mol. The fourth-order valence-electron chi connectivity index (χ4n) is 3.61. The molecule has 1 aromatic carbocycles. The second-order valence-electron chi connectivity index (χ2n) is 7.88. The molecule has 0 unspecified atom stereocenters. The third kappa shape index (κ3) is 3.67. The molecule has 0 bridgehead atoms. The summed E-state index contributed by atoms with van der Waals surface area (Å²) in [4.78, 5) is 13.5. The molecule has 8 nitrogen and oxygen atoms in total. The van der Waals surface area contributed by atoms with Crippen LogP contribution in [0.25, 0.3) is 33.1 Å². The quantitative estimate of drug-likeness (QED) is 0.505. The van der Waals surface area contributed by atoms with E-state index < -0.39 is 5.60 Å². The van der Waals surface area contributed by atoms with Gasteiger partial charge in [-0.1, -0.05) is 12.1 Å². The van der Waals surface area contributed by atoms with Gasteiger partial charge in [-0.15, -0.1) is 0 Å². The van der Waals surface area contributed by atoms with Crippen LogP contribution in [-0.2, 0) is 17.9 Å². The van der Waals surface area contributed by atoms with Crippen molar-refractivity contribution in [3.63, 3.8) is 0 Å². The van der Waals surface area contributed by atoms with Gasteiger partial charge in [-0.3, -0.25) is 0 Å². The summed E-state index contributed by atoms with van der Waals surface area (Å²) < 4.78 is 12.4. The van der Waals surface area contributed by atoms with Gasteiger partial charge in [0.15, 0.2) is 5.82 Å². The number of pyridine rings is 2.